The predicted octanol–water partition coefficient (Wildman–Crippen LogP) is 2.79. The number of carbonyl (C=O) groups is 1. The van der Waals surface area contributed by atoms with Crippen LogP contribution in [-0.4, -0.2) is 17.6 Å². The monoisotopic (exact) mass is 263 g/mol. The molecule has 0 bridgehead atoms. The van der Waals surface area contributed by atoms with E-state index in [-0.39, 0.29) is 18.4 Å². The second-order valence-electron chi connectivity index (χ2n) is 5.44. The van der Waals surface area contributed by atoms with E-state index in [9.17, 15) is 4.79 Å². The molecule has 2 atom stereocenters. The average Bonchev–Trinajstić information content (AvgIpc) is 2.61. The maximum Gasteiger partial charge on any atom is 0.227 e. The summed E-state index contributed by atoms with van der Waals surface area (Å²) in [6, 6.07) is 0. The first-order valence-electron chi connectivity index (χ1n) is 7.03. The number of carbonyl (C=O) groups excluding carboxylic acids is 1. The molecule has 3 heteroatoms. The molecule has 0 fully saturated rings. The van der Waals surface area contributed by atoms with Crippen molar-refractivity contribution in [2.45, 2.75) is 33.6 Å². The molecule has 0 aliphatic heterocycles. The van der Waals surface area contributed by atoms with E-state index in [1.165, 1.54) is 0 Å². The van der Waals surface area contributed by atoms with Gasteiger partial charge in [0.2, 0.25) is 5.91 Å². The van der Waals surface area contributed by atoms with E-state index in [0.717, 1.165) is 5.70 Å². The van der Waals surface area contributed by atoms with Crippen LogP contribution in [0.25, 0.3) is 0 Å². The maximum absolute atomic E-state index is 12.0. The molecule has 0 aromatic carbocycles. The summed E-state index contributed by atoms with van der Waals surface area (Å²) in [5.41, 5.74) is 0.834. The van der Waals surface area contributed by atoms with Crippen molar-refractivity contribution in [3.63, 3.8) is 0 Å². The summed E-state index contributed by atoms with van der Waals surface area (Å²) in [5.74, 6) is 0.909. The number of hydrogen-bond donors (Lipinski definition) is 2. The van der Waals surface area contributed by atoms with Crippen LogP contribution in [0.15, 0.2) is 36.1 Å². The molecule has 0 aromatic rings. The Hall–Kier alpha value is -1.35. The highest BCUT2D eigenvalue weighted by atomic mass is 16.3. The van der Waals surface area contributed by atoms with E-state index >= 15 is 0 Å². The summed E-state index contributed by atoms with van der Waals surface area (Å²) in [6.07, 6.45) is 11.5. The van der Waals surface area contributed by atoms with E-state index in [1.807, 2.05) is 25.2 Å². The van der Waals surface area contributed by atoms with Crippen molar-refractivity contribution in [2.75, 3.05) is 6.61 Å². The molecule has 0 aromatic heterocycles. The topological polar surface area (TPSA) is 49.3 Å². The van der Waals surface area contributed by atoms with Gasteiger partial charge >= 0.3 is 0 Å². The fourth-order valence-electron chi connectivity index (χ4n) is 1.94. The third-order valence-corrected chi connectivity index (χ3v) is 3.39. The predicted molar refractivity (Wildman–Crippen MR) is 78.3 cm³/mol. The number of rotatable bonds is 6. The van der Waals surface area contributed by atoms with Crippen LogP contribution in [0.1, 0.15) is 33.6 Å². The summed E-state index contributed by atoms with van der Waals surface area (Å²) in [6.45, 7) is 6.39. The molecule has 0 radical (unpaired) electrons. The van der Waals surface area contributed by atoms with Gasteiger partial charge in [-0.3, -0.25) is 4.79 Å². The fourth-order valence-corrected chi connectivity index (χ4v) is 1.94. The Kier molecular flexibility index (Phi) is 6.57. The second kappa shape index (κ2) is 7.95. The van der Waals surface area contributed by atoms with Crippen LogP contribution in [0.4, 0.5) is 0 Å². The minimum Gasteiger partial charge on any atom is -0.396 e. The summed E-state index contributed by atoms with van der Waals surface area (Å²) in [5, 5.41) is 11.7. The smallest absolute Gasteiger partial charge is 0.227 e. The third kappa shape index (κ3) is 5.43. The normalized spacial score (nSPS) is 20.1. The number of allylic oxidation sites excluding steroid dienone is 5. The Labute approximate surface area is 116 Å². The average molecular weight is 263 g/mol. The summed E-state index contributed by atoms with van der Waals surface area (Å²) in [7, 11) is 0. The quantitative estimate of drug-likeness (QED) is 0.774. The fraction of sp³-hybridized carbons (Fsp3) is 0.562. The van der Waals surface area contributed by atoms with Crippen LogP contribution in [0.5, 0.6) is 0 Å². The van der Waals surface area contributed by atoms with Gasteiger partial charge in [0.05, 0.1) is 0 Å². The number of aliphatic hydroxyl groups excluding tert-OH is 1. The molecule has 1 amide bonds. The molecule has 19 heavy (non-hydrogen) atoms. The third-order valence-electron chi connectivity index (χ3n) is 3.39. The van der Waals surface area contributed by atoms with E-state index in [0.29, 0.717) is 24.7 Å². The molecule has 0 saturated heterocycles. The van der Waals surface area contributed by atoms with Crippen LogP contribution < -0.4 is 5.32 Å². The van der Waals surface area contributed by atoms with Gasteiger partial charge in [-0.05, 0) is 36.8 Å². The van der Waals surface area contributed by atoms with Crippen molar-refractivity contribution < 1.29 is 9.90 Å². The molecular formula is C16H25NO2. The first-order valence-corrected chi connectivity index (χ1v) is 7.03. The zero-order valence-corrected chi connectivity index (χ0v) is 12.1. The summed E-state index contributed by atoms with van der Waals surface area (Å²) < 4.78 is 0. The first kappa shape index (κ1) is 15.7. The van der Waals surface area contributed by atoms with Gasteiger partial charge in [-0.1, -0.05) is 39.0 Å². The lowest BCUT2D eigenvalue weighted by Crippen LogP contribution is -2.28. The Bertz CT molecular complexity index is 380. The minimum atomic E-state index is -0.0745. The van der Waals surface area contributed by atoms with E-state index in [4.69, 9.17) is 5.11 Å². The maximum atomic E-state index is 12.0. The first-order chi connectivity index (χ1) is 9.04. The zero-order chi connectivity index (χ0) is 14.3. The van der Waals surface area contributed by atoms with Crippen LogP contribution in [0.3, 0.4) is 0 Å². The lowest BCUT2D eigenvalue weighted by atomic mass is 9.95. The molecule has 0 heterocycles. The zero-order valence-electron chi connectivity index (χ0n) is 12.1. The largest absolute Gasteiger partial charge is 0.396 e. The lowest BCUT2D eigenvalue weighted by molar-refractivity contribution is -0.123. The van der Waals surface area contributed by atoms with Crippen molar-refractivity contribution >= 4 is 5.91 Å². The van der Waals surface area contributed by atoms with Gasteiger partial charge in [0.1, 0.15) is 0 Å². The number of hydrogen-bond acceptors (Lipinski definition) is 2. The van der Waals surface area contributed by atoms with Crippen molar-refractivity contribution in [2.24, 2.45) is 17.8 Å². The van der Waals surface area contributed by atoms with Crippen LogP contribution in [-0.2, 0) is 4.79 Å². The molecule has 0 saturated carbocycles. The van der Waals surface area contributed by atoms with E-state index in [2.05, 4.69) is 31.3 Å². The standard InChI is InChI=1S/C16H25NO2/c1-12(2)14-7-4-8-15(10-9-14)17-16(19)13(3)6-5-11-18/h4,7-10,12-14,18H,5-6,11H2,1-3H3,(H,17,19). The summed E-state index contributed by atoms with van der Waals surface area (Å²) >= 11 is 0. The molecule has 106 valence electrons. The van der Waals surface area contributed by atoms with Gasteiger partial charge in [0, 0.05) is 18.2 Å². The van der Waals surface area contributed by atoms with Gasteiger partial charge < -0.3 is 10.4 Å². The lowest BCUT2D eigenvalue weighted by Gasteiger charge is -2.12. The molecule has 1 aliphatic rings. The Balaban J connectivity index is 2.54. The Morgan fingerprint density at radius 1 is 1.37 bits per heavy atom. The Morgan fingerprint density at radius 3 is 2.74 bits per heavy atom. The Morgan fingerprint density at radius 2 is 2.11 bits per heavy atom. The SMILES string of the molecule is CC(CCCO)C(=O)NC1=CC=CC(C(C)C)C=C1. The van der Waals surface area contributed by atoms with Gasteiger partial charge in [-0.25, -0.2) is 0 Å². The van der Waals surface area contributed by atoms with Crippen molar-refractivity contribution in [1.82, 2.24) is 5.32 Å². The molecule has 0 spiro atoms. The van der Waals surface area contributed by atoms with Crippen LogP contribution in [0.2, 0.25) is 0 Å². The molecular weight excluding hydrogens is 238 g/mol. The highest BCUT2D eigenvalue weighted by molar-refractivity contribution is 5.80. The van der Waals surface area contributed by atoms with Gasteiger partial charge in [-0.15, -0.1) is 0 Å². The van der Waals surface area contributed by atoms with Gasteiger partial charge in [0.25, 0.3) is 0 Å². The molecule has 3 nitrogen and oxygen atoms in total. The van der Waals surface area contributed by atoms with Gasteiger partial charge in [-0.2, -0.15) is 0 Å². The minimum absolute atomic E-state index is 0.0146. The number of aliphatic hydroxyl groups is 1. The van der Waals surface area contributed by atoms with Crippen molar-refractivity contribution in [3.05, 3.63) is 36.1 Å². The molecule has 2 unspecified atom stereocenters. The molecule has 2 N–H and O–H groups in total. The summed E-state index contributed by atoms with van der Waals surface area (Å²) in [4.78, 5) is 12.0. The van der Waals surface area contributed by atoms with E-state index in [1.54, 1.807) is 0 Å². The molecule has 1 aliphatic carbocycles. The number of amides is 1. The van der Waals surface area contributed by atoms with Gasteiger partial charge in [0.15, 0.2) is 0 Å². The number of nitrogens with one attached hydrogen (secondary N) is 1. The van der Waals surface area contributed by atoms with Crippen LogP contribution >= 0.6 is 0 Å². The highest BCUT2D eigenvalue weighted by Gasteiger charge is 2.13. The van der Waals surface area contributed by atoms with Crippen molar-refractivity contribution in [3.8, 4) is 0 Å². The van der Waals surface area contributed by atoms with E-state index < -0.39 is 0 Å². The van der Waals surface area contributed by atoms with Crippen molar-refractivity contribution in [1.29, 1.82) is 0 Å². The van der Waals surface area contributed by atoms with Crippen LogP contribution in [0, 0.1) is 17.8 Å². The highest BCUT2D eigenvalue weighted by Crippen LogP contribution is 2.17. The second-order valence-corrected chi connectivity index (χ2v) is 5.44. The molecule has 1 rings (SSSR count).